The van der Waals surface area contributed by atoms with E-state index >= 15 is 0 Å². The summed E-state index contributed by atoms with van der Waals surface area (Å²) in [5, 5.41) is 0. The molecular weight excluding hydrogens is 168 g/mol. The Labute approximate surface area is 80.4 Å². The van der Waals surface area contributed by atoms with Gasteiger partial charge in [0.15, 0.2) is 0 Å². The predicted octanol–water partition coefficient (Wildman–Crippen LogP) is 2.99. The SMILES string of the molecule is CCCOC(=O)OCC(CC)CC. The summed E-state index contributed by atoms with van der Waals surface area (Å²) in [5.41, 5.74) is 0. The van der Waals surface area contributed by atoms with Gasteiger partial charge in [0.1, 0.15) is 0 Å². The van der Waals surface area contributed by atoms with Gasteiger partial charge in [0.05, 0.1) is 13.2 Å². The highest BCUT2D eigenvalue weighted by Gasteiger charge is 2.08. The molecule has 0 aromatic heterocycles. The third-order valence-electron chi connectivity index (χ3n) is 2.02. The standard InChI is InChI=1S/C10H20O3/c1-4-7-12-10(11)13-8-9(5-2)6-3/h9H,4-8H2,1-3H3. The zero-order valence-electron chi connectivity index (χ0n) is 8.84. The molecule has 0 unspecified atom stereocenters. The molecule has 0 saturated carbocycles. The number of carbonyl (C=O) groups is 1. The fourth-order valence-corrected chi connectivity index (χ4v) is 0.937. The van der Waals surface area contributed by atoms with Crippen molar-refractivity contribution in [3.8, 4) is 0 Å². The molecule has 78 valence electrons. The molecule has 0 aromatic carbocycles. The average Bonchev–Trinajstić information content (AvgIpc) is 2.16. The van der Waals surface area contributed by atoms with Crippen molar-refractivity contribution in [3.05, 3.63) is 0 Å². The van der Waals surface area contributed by atoms with E-state index in [1.807, 2.05) is 6.92 Å². The minimum atomic E-state index is -0.534. The maximum atomic E-state index is 10.9. The lowest BCUT2D eigenvalue weighted by Crippen LogP contribution is -2.14. The van der Waals surface area contributed by atoms with Crippen LogP contribution in [0.3, 0.4) is 0 Å². The summed E-state index contributed by atoms with van der Waals surface area (Å²) in [6.45, 7) is 7.06. The Morgan fingerprint density at radius 1 is 1.15 bits per heavy atom. The first-order valence-electron chi connectivity index (χ1n) is 5.04. The molecule has 0 aliphatic rings. The summed E-state index contributed by atoms with van der Waals surface area (Å²) >= 11 is 0. The Balaban J connectivity index is 3.44. The summed E-state index contributed by atoms with van der Waals surface area (Å²) < 4.78 is 9.70. The van der Waals surface area contributed by atoms with E-state index in [1.165, 1.54) is 0 Å². The van der Waals surface area contributed by atoms with Gasteiger partial charge in [-0.05, 0) is 12.3 Å². The quantitative estimate of drug-likeness (QED) is 0.601. The highest BCUT2D eigenvalue weighted by molar-refractivity contribution is 5.59. The van der Waals surface area contributed by atoms with Crippen LogP contribution in [0.4, 0.5) is 4.79 Å². The predicted molar refractivity (Wildman–Crippen MR) is 51.7 cm³/mol. The van der Waals surface area contributed by atoms with Gasteiger partial charge in [0.2, 0.25) is 0 Å². The highest BCUT2D eigenvalue weighted by atomic mass is 16.7. The fourth-order valence-electron chi connectivity index (χ4n) is 0.937. The third kappa shape index (κ3) is 6.43. The Morgan fingerprint density at radius 2 is 1.77 bits per heavy atom. The van der Waals surface area contributed by atoms with Crippen LogP contribution in [0.1, 0.15) is 40.0 Å². The van der Waals surface area contributed by atoms with Crippen LogP contribution < -0.4 is 0 Å². The van der Waals surface area contributed by atoms with Crippen LogP contribution in [0.5, 0.6) is 0 Å². The largest absolute Gasteiger partial charge is 0.508 e. The van der Waals surface area contributed by atoms with Crippen molar-refractivity contribution < 1.29 is 14.3 Å². The lowest BCUT2D eigenvalue weighted by molar-refractivity contribution is 0.0434. The second kappa shape index (κ2) is 7.90. The minimum Gasteiger partial charge on any atom is -0.434 e. The first kappa shape index (κ1) is 12.3. The van der Waals surface area contributed by atoms with Crippen LogP contribution in [0.2, 0.25) is 0 Å². The summed E-state index contributed by atoms with van der Waals surface area (Å²) in [4.78, 5) is 10.9. The lowest BCUT2D eigenvalue weighted by atomic mass is 10.1. The van der Waals surface area contributed by atoms with Gasteiger partial charge in [-0.2, -0.15) is 0 Å². The summed E-state index contributed by atoms with van der Waals surface area (Å²) in [6.07, 6.45) is 2.38. The third-order valence-corrected chi connectivity index (χ3v) is 2.02. The average molecular weight is 188 g/mol. The van der Waals surface area contributed by atoms with Crippen molar-refractivity contribution in [1.29, 1.82) is 0 Å². The highest BCUT2D eigenvalue weighted by Crippen LogP contribution is 2.07. The Bertz CT molecular complexity index is 130. The summed E-state index contributed by atoms with van der Waals surface area (Å²) in [6, 6.07) is 0. The van der Waals surface area contributed by atoms with E-state index in [2.05, 4.69) is 13.8 Å². The van der Waals surface area contributed by atoms with E-state index in [0.29, 0.717) is 19.1 Å². The van der Waals surface area contributed by atoms with Gasteiger partial charge < -0.3 is 9.47 Å². The number of hydrogen-bond donors (Lipinski definition) is 0. The van der Waals surface area contributed by atoms with Crippen molar-refractivity contribution in [1.82, 2.24) is 0 Å². The molecule has 3 heteroatoms. The van der Waals surface area contributed by atoms with E-state index in [0.717, 1.165) is 19.3 Å². The monoisotopic (exact) mass is 188 g/mol. The molecule has 0 radical (unpaired) electrons. The van der Waals surface area contributed by atoms with E-state index in [4.69, 9.17) is 9.47 Å². The molecule has 0 saturated heterocycles. The van der Waals surface area contributed by atoms with Crippen LogP contribution in [-0.4, -0.2) is 19.4 Å². The first-order chi connectivity index (χ1) is 6.24. The number of ether oxygens (including phenoxy) is 2. The molecule has 0 N–H and O–H groups in total. The van der Waals surface area contributed by atoms with E-state index in [9.17, 15) is 4.79 Å². The van der Waals surface area contributed by atoms with Crippen LogP contribution in [0.15, 0.2) is 0 Å². The topological polar surface area (TPSA) is 35.5 Å². The van der Waals surface area contributed by atoms with Gasteiger partial charge in [-0.1, -0.05) is 33.6 Å². The normalized spacial score (nSPS) is 10.2. The molecule has 0 atom stereocenters. The van der Waals surface area contributed by atoms with Crippen molar-refractivity contribution in [2.45, 2.75) is 40.0 Å². The molecule has 0 heterocycles. The molecule has 0 spiro atoms. The molecule has 0 aromatic rings. The van der Waals surface area contributed by atoms with Gasteiger partial charge in [-0.15, -0.1) is 0 Å². The minimum absolute atomic E-state index is 0.446. The van der Waals surface area contributed by atoms with Crippen LogP contribution in [-0.2, 0) is 9.47 Å². The molecule has 0 aliphatic carbocycles. The number of hydrogen-bond acceptors (Lipinski definition) is 3. The molecule has 0 amide bonds. The van der Waals surface area contributed by atoms with Gasteiger partial charge in [-0.3, -0.25) is 0 Å². The van der Waals surface area contributed by atoms with Gasteiger partial charge >= 0.3 is 6.16 Å². The van der Waals surface area contributed by atoms with E-state index in [1.54, 1.807) is 0 Å². The molecule has 0 fully saturated rings. The molecule has 13 heavy (non-hydrogen) atoms. The molecular formula is C10H20O3. The van der Waals surface area contributed by atoms with E-state index in [-0.39, 0.29) is 0 Å². The molecule has 3 nitrogen and oxygen atoms in total. The Kier molecular flexibility index (Phi) is 7.45. The van der Waals surface area contributed by atoms with E-state index < -0.39 is 6.16 Å². The second-order valence-electron chi connectivity index (χ2n) is 3.09. The molecule has 0 aliphatic heterocycles. The second-order valence-corrected chi connectivity index (χ2v) is 3.09. The van der Waals surface area contributed by atoms with Gasteiger partial charge in [-0.25, -0.2) is 4.79 Å². The first-order valence-corrected chi connectivity index (χ1v) is 5.04. The zero-order chi connectivity index (χ0) is 10.1. The fraction of sp³-hybridized carbons (Fsp3) is 0.900. The molecule has 0 bridgehead atoms. The summed E-state index contributed by atoms with van der Waals surface area (Å²) in [5.74, 6) is 0.467. The number of rotatable bonds is 6. The smallest absolute Gasteiger partial charge is 0.434 e. The maximum absolute atomic E-state index is 10.9. The maximum Gasteiger partial charge on any atom is 0.508 e. The van der Waals surface area contributed by atoms with Crippen molar-refractivity contribution in [2.75, 3.05) is 13.2 Å². The van der Waals surface area contributed by atoms with Gasteiger partial charge in [0.25, 0.3) is 0 Å². The summed E-state index contributed by atoms with van der Waals surface area (Å²) in [7, 11) is 0. The van der Waals surface area contributed by atoms with Crippen LogP contribution in [0.25, 0.3) is 0 Å². The Morgan fingerprint density at radius 3 is 2.23 bits per heavy atom. The Hall–Kier alpha value is -0.730. The van der Waals surface area contributed by atoms with Crippen molar-refractivity contribution in [3.63, 3.8) is 0 Å². The molecule has 0 rings (SSSR count). The van der Waals surface area contributed by atoms with Crippen LogP contribution >= 0.6 is 0 Å². The van der Waals surface area contributed by atoms with Gasteiger partial charge in [0, 0.05) is 0 Å². The lowest BCUT2D eigenvalue weighted by Gasteiger charge is -2.12. The zero-order valence-corrected chi connectivity index (χ0v) is 8.84. The van der Waals surface area contributed by atoms with Crippen molar-refractivity contribution in [2.24, 2.45) is 5.92 Å². The number of carbonyl (C=O) groups excluding carboxylic acids is 1. The van der Waals surface area contributed by atoms with Crippen molar-refractivity contribution >= 4 is 6.16 Å². The van der Waals surface area contributed by atoms with Crippen LogP contribution in [0, 0.1) is 5.92 Å².